The molecule has 128 valence electrons. The first-order valence-electron chi connectivity index (χ1n) is 7.84. The monoisotopic (exact) mass is 372 g/mol. The summed E-state index contributed by atoms with van der Waals surface area (Å²) in [6.07, 6.45) is 1.65. The number of halogens is 1. The lowest BCUT2D eigenvalue weighted by Gasteiger charge is -2.12. The highest BCUT2D eigenvalue weighted by atomic mass is 35.5. The number of carbonyl (C=O) groups is 1. The van der Waals surface area contributed by atoms with Crippen LogP contribution in [0.2, 0.25) is 5.02 Å². The molecule has 3 rings (SSSR count). The maximum absolute atomic E-state index is 12.7. The summed E-state index contributed by atoms with van der Waals surface area (Å²) in [4.78, 5) is 19.4. The second-order valence-corrected chi connectivity index (χ2v) is 6.99. The van der Waals surface area contributed by atoms with Crippen LogP contribution in [0.3, 0.4) is 0 Å². The molecule has 1 amide bonds. The Hall–Kier alpha value is -2.24. The Bertz CT molecular complexity index is 893. The van der Waals surface area contributed by atoms with Gasteiger partial charge in [-0.2, -0.15) is 0 Å². The fourth-order valence-corrected chi connectivity index (χ4v) is 3.67. The number of phenols is 1. The van der Waals surface area contributed by atoms with Gasteiger partial charge in [-0.25, -0.2) is 4.99 Å². The molecule has 2 aromatic carbocycles. The molecule has 1 aliphatic rings. The maximum Gasteiger partial charge on any atom is 0.266 e. The number of para-hydroxylation sites is 1. The number of hydrogen-bond donors (Lipinski definition) is 1. The van der Waals surface area contributed by atoms with Crippen molar-refractivity contribution in [2.24, 2.45) is 4.99 Å². The van der Waals surface area contributed by atoms with E-state index < -0.39 is 0 Å². The minimum Gasteiger partial charge on any atom is -0.507 e. The topological polar surface area (TPSA) is 52.9 Å². The summed E-state index contributed by atoms with van der Waals surface area (Å²) in [5.41, 5.74) is 2.39. The van der Waals surface area contributed by atoms with E-state index in [0.717, 1.165) is 11.3 Å². The molecule has 2 aromatic rings. The first kappa shape index (κ1) is 17.6. The number of aryl methyl sites for hydroxylation is 1. The first-order chi connectivity index (χ1) is 12.0. The van der Waals surface area contributed by atoms with Crippen LogP contribution in [0.1, 0.15) is 18.1 Å². The van der Waals surface area contributed by atoms with E-state index in [1.807, 2.05) is 38.1 Å². The van der Waals surface area contributed by atoms with Crippen LogP contribution in [0.5, 0.6) is 5.75 Å². The summed E-state index contributed by atoms with van der Waals surface area (Å²) in [5.74, 6) is -0.0446. The summed E-state index contributed by atoms with van der Waals surface area (Å²) in [6, 6.07) is 12.5. The van der Waals surface area contributed by atoms with Crippen molar-refractivity contribution < 1.29 is 9.90 Å². The number of thioether (sulfide) groups is 1. The molecule has 0 saturated carbocycles. The van der Waals surface area contributed by atoms with E-state index in [9.17, 15) is 9.90 Å². The van der Waals surface area contributed by atoms with Gasteiger partial charge in [0.05, 0.1) is 10.6 Å². The lowest BCUT2D eigenvalue weighted by molar-refractivity contribution is -0.122. The van der Waals surface area contributed by atoms with Crippen molar-refractivity contribution in [1.82, 2.24) is 4.90 Å². The van der Waals surface area contributed by atoms with Crippen molar-refractivity contribution in [3.8, 4) is 5.75 Å². The van der Waals surface area contributed by atoms with Gasteiger partial charge in [0.1, 0.15) is 5.75 Å². The summed E-state index contributed by atoms with van der Waals surface area (Å²) >= 11 is 7.28. The Morgan fingerprint density at radius 1 is 1.28 bits per heavy atom. The Balaban J connectivity index is 1.99. The summed E-state index contributed by atoms with van der Waals surface area (Å²) in [5, 5.41) is 11.1. The Morgan fingerprint density at radius 2 is 2.04 bits per heavy atom. The van der Waals surface area contributed by atoms with Gasteiger partial charge in [0, 0.05) is 17.1 Å². The molecule has 1 fully saturated rings. The van der Waals surface area contributed by atoms with E-state index in [0.29, 0.717) is 27.2 Å². The van der Waals surface area contributed by atoms with E-state index in [2.05, 4.69) is 4.99 Å². The van der Waals surface area contributed by atoms with Crippen molar-refractivity contribution in [2.75, 3.05) is 6.54 Å². The standard InChI is InChI=1S/C19H17ClN2O2S/c1-3-22-18(24)17(11-13-10-14(20)8-9-16(13)23)25-19(22)21-15-7-5-4-6-12(15)2/h4-11,23H,3H2,1-2H3/b17-11+,21-19?. The number of phenolic OH excluding ortho intramolecular Hbond substituents is 1. The van der Waals surface area contributed by atoms with Crippen molar-refractivity contribution in [1.29, 1.82) is 0 Å². The van der Waals surface area contributed by atoms with E-state index in [-0.39, 0.29) is 11.7 Å². The molecule has 0 bridgehead atoms. The number of amides is 1. The van der Waals surface area contributed by atoms with Crippen LogP contribution in [0, 0.1) is 6.92 Å². The average Bonchev–Trinajstić information content (AvgIpc) is 2.88. The minimum atomic E-state index is -0.126. The van der Waals surface area contributed by atoms with Crippen LogP contribution in [0.4, 0.5) is 5.69 Å². The van der Waals surface area contributed by atoms with Gasteiger partial charge >= 0.3 is 0 Å². The number of nitrogens with zero attached hydrogens (tertiary/aromatic N) is 2. The van der Waals surface area contributed by atoms with Crippen LogP contribution >= 0.6 is 23.4 Å². The highest BCUT2D eigenvalue weighted by Crippen LogP contribution is 2.36. The molecule has 0 radical (unpaired) electrons. The maximum atomic E-state index is 12.7. The first-order valence-corrected chi connectivity index (χ1v) is 9.03. The molecule has 25 heavy (non-hydrogen) atoms. The number of aromatic hydroxyl groups is 1. The van der Waals surface area contributed by atoms with Crippen LogP contribution in [-0.4, -0.2) is 27.6 Å². The third-order valence-corrected chi connectivity index (χ3v) is 5.05. The highest BCUT2D eigenvalue weighted by Gasteiger charge is 2.32. The van der Waals surface area contributed by atoms with Crippen molar-refractivity contribution >= 4 is 46.2 Å². The lowest BCUT2D eigenvalue weighted by Crippen LogP contribution is -2.28. The Kier molecular flexibility index (Phi) is 5.16. The van der Waals surface area contributed by atoms with E-state index >= 15 is 0 Å². The minimum absolute atomic E-state index is 0.0811. The van der Waals surface area contributed by atoms with E-state index in [4.69, 9.17) is 11.6 Å². The van der Waals surface area contributed by atoms with Crippen LogP contribution in [0.25, 0.3) is 6.08 Å². The Morgan fingerprint density at radius 3 is 2.76 bits per heavy atom. The van der Waals surface area contributed by atoms with Gasteiger partial charge in [-0.1, -0.05) is 29.8 Å². The third-order valence-electron chi connectivity index (χ3n) is 3.81. The Labute approximate surface area is 155 Å². The number of aliphatic imine (C=N–C) groups is 1. The average molecular weight is 373 g/mol. The van der Waals surface area contributed by atoms with Gasteiger partial charge in [0.2, 0.25) is 0 Å². The van der Waals surface area contributed by atoms with Crippen molar-refractivity contribution in [3.05, 3.63) is 63.5 Å². The molecule has 0 unspecified atom stereocenters. The SMILES string of the molecule is CCN1C(=O)/C(=C\c2cc(Cl)ccc2O)SC1=Nc1ccccc1C. The molecular formula is C19H17ClN2O2S. The smallest absolute Gasteiger partial charge is 0.266 e. The fourth-order valence-electron chi connectivity index (χ4n) is 2.44. The number of rotatable bonds is 3. The highest BCUT2D eigenvalue weighted by molar-refractivity contribution is 8.18. The largest absolute Gasteiger partial charge is 0.507 e. The predicted octanol–water partition coefficient (Wildman–Crippen LogP) is 4.98. The van der Waals surface area contributed by atoms with E-state index in [1.54, 1.807) is 23.1 Å². The van der Waals surface area contributed by atoms with E-state index in [1.165, 1.54) is 17.8 Å². The van der Waals surface area contributed by atoms with Crippen LogP contribution in [-0.2, 0) is 4.79 Å². The van der Waals surface area contributed by atoms with Crippen LogP contribution < -0.4 is 0 Å². The number of benzene rings is 2. The van der Waals surface area contributed by atoms with Gasteiger partial charge in [0.25, 0.3) is 5.91 Å². The lowest BCUT2D eigenvalue weighted by atomic mass is 10.2. The molecule has 1 aliphatic heterocycles. The number of carbonyl (C=O) groups excluding carboxylic acids is 1. The quantitative estimate of drug-likeness (QED) is 0.773. The second kappa shape index (κ2) is 7.33. The van der Waals surface area contributed by atoms with Crippen molar-refractivity contribution in [2.45, 2.75) is 13.8 Å². The number of likely N-dealkylation sites (N-methyl/N-ethyl adjacent to an activating group) is 1. The van der Waals surface area contributed by atoms with Crippen molar-refractivity contribution in [3.63, 3.8) is 0 Å². The molecule has 4 nitrogen and oxygen atoms in total. The van der Waals surface area contributed by atoms with Gasteiger partial charge in [0.15, 0.2) is 5.17 Å². The van der Waals surface area contributed by atoms with Gasteiger partial charge in [-0.3, -0.25) is 9.69 Å². The molecule has 6 heteroatoms. The fraction of sp³-hybridized carbons (Fsp3) is 0.158. The zero-order valence-electron chi connectivity index (χ0n) is 13.9. The molecule has 1 N–H and O–H groups in total. The second-order valence-electron chi connectivity index (χ2n) is 5.54. The zero-order chi connectivity index (χ0) is 18.0. The van der Waals surface area contributed by atoms with Gasteiger partial charge in [-0.15, -0.1) is 0 Å². The van der Waals surface area contributed by atoms with Gasteiger partial charge in [-0.05, 0) is 61.5 Å². The molecule has 1 heterocycles. The molecule has 1 saturated heterocycles. The van der Waals surface area contributed by atoms with Gasteiger partial charge < -0.3 is 5.11 Å². The summed E-state index contributed by atoms with van der Waals surface area (Å²) in [6.45, 7) is 4.42. The molecule has 0 spiro atoms. The number of hydrogen-bond acceptors (Lipinski definition) is 4. The number of amidine groups is 1. The zero-order valence-corrected chi connectivity index (χ0v) is 15.4. The predicted molar refractivity (Wildman–Crippen MR) is 104 cm³/mol. The summed E-state index contributed by atoms with van der Waals surface area (Å²) in [7, 11) is 0. The molecule has 0 atom stereocenters. The summed E-state index contributed by atoms with van der Waals surface area (Å²) < 4.78 is 0. The third kappa shape index (κ3) is 3.72. The normalized spacial score (nSPS) is 17.7. The van der Waals surface area contributed by atoms with Crippen LogP contribution in [0.15, 0.2) is 52.4 Å². The molecular weight excluding hydrogens is 356 g/mol. The molecule has 0 aliphatic carbocycles. The molecule has 0 aromatic heterocycles.